The zero-order chi connectivity index (χ0) is 8.55. The third kappa shape index (κ3) is 0.993. The van der Waals surface area contributed by atoms with E-state index in [4.69, 9.17) is 5.41 Å². The molecule has 1 aliphatic heterocycles. The second-order valence-corrected chi connectivity index (χ2v) is 2.77. The number of hydrogen-bond acceptors (Lipinski definition) is 2. The zero-order valence-corrected chi connectivity index (χ0v) is 6.42. The number of rotatable bonds is 0. The highest BCUT2D eigenvalue weighted by molar-refractivity contribution is 6.43. The predicted molar refractivity (Wildman–Crippen MR) is 46.5 cm³/mol. The third-order valence-corrected chi connectivity index (χ3v) is 1.91. The van der Waals surface area contributed by atoms with Crippen molar-refractivity contribution in [1.29, 1.82) is 5.41 Å². The fourth-order valence-electron chi connectivity index (χ4n) is 1.26. The summed E-state index contributed by atoms with van der Waals surface area (Å²) in [5.74, 6) is -0.284. The summed E-state index contributed by atoms with van der Waals surface area (Å²) in [6, 6.07) is 7.54. The van der Waals surface area contributed by atoms with Gasteiger partial charge in [0.15, 0.2) is 0 Å². The van der Waals surface area contributed by atoms with Crippen molar-refractivity contribution in [3.05, 3.63) is 29.8 Å². The molecule has 0 aromatic heterocycles. The lowest BCUT2D eigenvalue weighted by Crippen LogP contribution is -2.29. The molecule has 0 saturated heterocycles. The number of amides is 1. The van der Waals surface area contributed by atoms with Crippen molar-refractivity contribution in [2.45, 2.75) is 6.42 Å². The molecule has 0 spiro atoms. The Bertz CT molecular complexity index is 322. The molecule has 1 aromatic carbocycles. The summed E-state index contributed by atoms with van der Waals surface area (Å²) in [5.41, 5.74) is 1.98. The van der Waals surface area contributed by atoms with Gasteiger partial charge in [-0.1, -0.05) is 18.2 Å². The van der Waals surface area contributed by atoms with Crippen LogP contribution in [0.5, 0.6) is 0 Å². The molecule has 0 bridgehead atoms. The van der Waals surface area contributed by atoms with Crippen LogP contribution in [0.15, 0.2) is 24.3 Å². The summed E-state index contributed by atoms with van der Waals surface area (Å²) in [6.07, 6.45) is 0.446. The monoisotopic (exact) mass is 160 g/mol. The number of nitrogens with one attached hydrogen (secondary N) is 2. The van der Waals surface area contributed by atoms with Crippen LogP contribution < -0.4 is 5.32 Å². The molecule has 3 nitrogen and oxygen atoms in total. The number of para-hydroxylation sites is 1. The van der Waals surface area contributed by atoms with Gasteiger partial charge in [-0.25, -0.2) is 0 Å². The van der Waals surface area contributed by atoms with E-state index in [1.54, 1.807) is 0 Å². The summed E-state index contributed by atoms with van der Waals surface area (Å²) in [4.78, 5) is 11.0. The normalized spacial score (nSPS) is 15.3. The molecule has 3 heteroatoms. The van der Waals surface area contributed by atoms with Crippen LogP contribution >= 0.6 is 0 Å². The van der Waals surface area contributed by atoms with E-state index < -0.39 is 0 Å². The van der Waals surface area contributed by atoms with Crippen molar-refractivity contribution in [3.8, 4) is 0 Å². The Morgan fingerprint density at radius 2 is 2.08 bits per heavy atom. The summed E-state index contributed by atoms with van der Waals surface area (Å²) in [5, 5.41) is 9.96. The molecule has 0 aliphatic carbocycles. The quantitative estimate of drug-likeness (QED) is 0.588. The van der Waals surface area contributed by atoms with Gasteiger partial charge in [0.05, 0.1) is 0 Å². The van der Waals surface area contributed by atoms with Gasteiger partial charge in [0.2, 0.25) is 0 Å². The minimum Gasteiger partial charge on any atom is -0.321 e. The number of benzene rings is 1. The second kappa shape index (κ2) is 2.44. The van der Waals surface area contributed by atoms with E-state index in [-0.39, 0.29) is 11.6 Å². The molecule has 1 aromatic rings. The van der Waals surface area contributed by atoms with Crippen LogP contribution in [0.3, 0.4) is 0 Å². The van der Waals surface area contributed by atoms with Crippen LogP contribution in [0.4, 0.5) is 5.69 Å². The highest BCUT2D eigenvalue weighted by atomic mass is 16.1. The lowest BCUT2D eigenvalue weighted by molar-refractivity contribution is -0.110. The van der Waals surface area contributed by atoms with Gasteiger partial charge in [-0.15, -0.1) is 0 Å². The first-order chi connectivity index (χ1) is 5.77. The Balaban J connectivity index is 2.47. The predicted octanol–water partition coefficient (Wildman–Crippen LogP) is 1.20. The largest absolute Gasteiger partial charge is 0.321 e. The van der Waals surface area contributed by atoms with Crippen molar-refractivity contribution >= 4 is 17.3 Å². The maximum absolute atomic E-state index is 11.0. The van der Waals surface area contributed by atoms with Crippen molar-refractivity contribution in [3.63, 3.8) is 0 Å². The van der Waals surface area contributed by atoms with E-state index >= 15 is 0 Å². The van der Waals surface area contributed by atoms with Crippen LogP contribution in [0.2, 0.25) is 0 Å². The first kappa shape index (κ1) is 7.03. The Kier molecular flexibility index (Phi) is 1.43. The Labute approximate surface area is 69.9 Å². The Hall–Kier alpha value is -1.64. The lowest BCUT2D eigenvalue weighted by Gasteiger charge is -2.16. The van der Waals surface area contributed by atoms with Crippen LogP contribution in [-0.4, -0.2) is 11.6 Å². The second-order valence-electron chi connectivity index (χ2n) is 2.77. The zero-order valence-electron chi connectivity index (χ0n) is 6.42. The minimum atomic E-state index is -0.284. The van der Waals surface area contributed by atoms with Gasteiger partial charge in [0, 0.05) is 12.1 Å². The molecule has 12 heavy (non-hydrogen) atoms. The first-order valence-electron chi connectivity index (χ1n) is 3.74. The van der Waals surface area contributed by atoms with Crippen LogP contribution in [0.25, 0.3) is 0 Å². The number of fused-ring (bicyclic) bond motifs is 1. The maximum atomic E-state index is 11.0. The molecule has 60 valence electrons. The molecule has 0 fully saturated rings. The van der Waals surface area contributed by atoms with E-state index in [0.717, 1.165) is 11.3 Å². The number of carbonyl (C=O) groups is 1. The van der Waals surface area contributed by atoms with Crippen LogP contribution in [0.1, 0.15) is 5.56 Å². The van der Waals surface area contributed by atoms with Crippen molar-refractivity contribution < 1.29 is 4.79 Å². The third-order valence-electron chi connectivity index (χ3n) is 1.91. The molecule has 2 rings (SSSR count). The first-order valence-corrected chi connectivity index (χ1v) is 3.74. The fraction of sp³-hybridized carbons (Fsp3) is 0.111. The van der Waals surface area contributed by atoms with Gasteiger partial charge in [-0.3, -0.25) is 10.2 Å². The number of anilines is 1. The van der Waals surface area contributed by atoms with Gasteiger partial charge in [-0.2, -0.15) is 0 Å². The minimum absolute atomic E-state index is 0.133. The van der Waals surface area contributed by atoms with Crippen molar-refractivity contribution in [1.82, 2.24) is 0 Å². The summed E-state index contributed by atoms with van der Waals surface area (Å²) in [6.45, 7) is 0. The van der Waals surface area contributed by atoms with Gasteiger partial charge < -0.3 is 5.32 Å². The molecule has 1 heterocycles. The average molecular weight is 160 g/mol. The Morgan fingerprint density at radius 1 is 1.33 bits per heavy atom. The van der Waals surface area contributed by atoms with Crippen molar-refractivity contribution in [2.75, 3.05) is 5.32 Å². The molecular formula is C9H8N2O. The molecule has 0 atom stereocenters. The highest BCUT2D eigenvalue weighted by Crippen LogP contribution is 2.19. The van der Waals surface area contributed by atoms with E-state index in [1.807, 2.05) is 24.3 Å². The van der Waals surface area contributed by atoms with Gasteiger partial charge >= 0.3 is 0 Å². The Morgan fingerprint density at radius 3 is 2.92 bits per heavy atom. The molecule has 0 radical (unpaired) electrons. The topological polar surface area (TPSA) is 53.0 Å². The van der Waals surface area contributed by atoms with E-state index in [0.29, 0.717) is 6.42 Å². The maximum Gasteiger partial charge on any atom is 0.269 e. The molecular weight excluding hydrogens is 152 g/mol. The number of hydrogen-bond donors (Lipinski definition) is 2. The standard InChI is InChI=1S/C9H8N2O/c10-7-5-6-3-1-2-4-8(6)11-9(7)12/h1-4,10H,5H2,(H,11,12). The van der Waals surface area contributed by atoms with E-state index in [2.05, 4.69) is 5.32 Å². The van der Waals surface area contributed by atoms with E-state index in [1.165, 1.54) is 0 Å². The molecule has 0 saturated carbocycles. The molecule has 0 unspecified atom stereocenters. The fourth-order valence-corrected chi connectivity index (χ4v) is 1.26. The van der Waals surface area contributed by atoms with Crippen LogP contribution in [0, 0.1) is 5.41 Å². The van der Waals surface area contributed by atoms with E-state index in [9.17, 15) is 4.79 Å². The van der Waals surface area contributed by atoms with Gasteiger partial charge in [0.1, 0.15) is 5.71 Å². The molecule has 2 N–H and O–H groups in total. The average Bonchev–Trinajstić information content (AvgIpc) is 2.07. The molecule has 1 amide bonds. The van der Waals surface area contributed by atoms with Gasteiger partial charge in [-0.05, 0) is 11.6 Å². The van der Waals surface area contributed by atoms with Gasteiger partial charge in [0.25, 0.3) is 5.91 Å². The number of carbonyl (C=O) groups excluding carboxylic acids is 1. The SMILES string of the molecule is N=C1Cc2ccccc2NC1=O. The highest BCUT2D eigenvalue weighted by Gasteiger charge is 2.18. The lowest BCUT2D eigenvalue weighted by atomic mass is 10.0. The smallest absolute Gasteiger partial charge is 0.269 e. The summed E-state index contributed by atoms with van der Waals surface area (Å²) in [7, 11) is 0. The van der Waals surface area contributed by atoms with Crippen LogP contribution in [-0.2, 0) is 11.2 Å². The molecule has 1 aliphatic rings. The van der Waals surface area contributed by atoms with Crippen molar-refractivity contribution in [2.24, 2.45) is 0 Å². The summed E-state index contributed by atoms with van der Waals surface area (Å²) < 4.78 is 0. The summed E-state index contributed by atoms with van der Waals surface area (Å²) >= 11 is 0.